The van der Waals surface area contributed by atoms with Crippen LogP contribution in [0, 0.1) is 13.8 Å². The molecule has 27 heavy (non-hydrogen) atoms. The number of aryl methyl sites for hydroxylation is 1. The number of anilines is 1. The van der Waals surface area contributed by atoms with Gasteiger partial charge in [-0.3, -0.25) is 5.43 Å². The van der Waals surface area contributed by atoms with E-state index in [2.05, 4.69) is 15.8 Å². The smallest absolute Gasteiger partial charge is 0.191 e. The highest BCUT2D eigenvalue weighted by molar-refractivity contribution is 7.80. The topological polar surface area (TPSA) is 95.0 Å². The molecule has 0 spiro atoms. The molecule has 0 bridgehead atoms. The molecule has 0 saturated heterocycles. The fraction of sp³-hybridized carbons (Fsp3) is 0.211. The Morgan fingerprint density at radius 3 is 2.56 bits per heavy atom. The van der Waals surface area contributed by atoms with Crippen LogP contribution in [0.3, 0.4) is 0 Å². The summed E-state index contributed by atoms with van der Waals surface area (Å²) >= 11 is 5.22. The van der Waals surface area contributed by atoms with Gasteiger partial charge in [0, 0.05) is 11.3 Å². The first kappa shape index (κ1) is 20.2. The molecule has 0 amide bonds. The van der Waals surface area contributed by atoms with Gasteiger partial charge < -0.3 is 24.7 Å². The summed E-state index contributed by atoms with van der Waals surface area (Å²) in [6, 6.07) is 8.96. The van der Waals surface area contributed by atoms with Gasteiger partial charge in [-0.2, -0.15) is 5.10 Å². The summed E-state index contributed by atoms with van der Waals surface area (Å²) in [5.41, 5.74) is 5.87. The molecule has 0 aliphatic rings. The van der Waals surface area contributed by atoms with Gasteiger partial charge in [0.05, 0.1) is 32.0 Å². The van der Waals surface area contributed by atoms with Crippen LogP contribution in [-0.2, 0) is 0 Å². The minimum atomic E-state index is -1.40. The predicted molar refractivity (Wildman–Crippen MR) is 107 cm³/mol. The van der Waals surface area contributed by atoms with Gasteiger partial charge in [0.15, 0.2) is 16.6 Å². The van der Waals surface area contributed by atoms with Crippen LogP contribution in [0.25, 0.3) is 0 Å². The van der Waals surface area contributed by atoms with E-state index in [1.165, 1.54) is 20.4 Å². The number of hydrogen-bond donors (Lipinski definition) is 2. The second kappa shape index (κ2) is 9.00. The summed E-state index contributed by atoms with van der Waals surface area (Å²) in [7, 11) is 2.77. The van der Waals surface area contributed by atoms with Gasteiger partial charge in [-0.1, -0.05) is 12.1 Å². The quantitative estimate of drug-likeness (QED) is 0.445. The Labute approximate surface area is 163 Å². The van der Waals surface area contributed by atoms with Crippen molar-refractivity contribution in [3.8, 4) is 11.5 Å². The number of nitrogens with one attached hydrogen (secondary N) is 2. The number of carbonyl (C=O) groups excluding carboxylic acids is 1. The lowest BCUT2D eigenvalue weighted by atomic mass is 10.1. The first-order chi connectivity index (χ1) is 12.9. The Bertz CT molecular complexity index is 897. The van der Waals surface area contributed by atoms with E-state index in [4.69, 9.17) is 21.7 Å². The van der Waals surface area contributed by atoms with Crippen LogP contribution in [0.4, 0.5) is 5.69 Å². The van der Waals surface area contributed by atoms with Gasteiger partial charge >= 0.3 is 0 Å². The molecule has 2 aromatic rings. The maximum absolute atomic E-state index is 11.5. The van der Waals surface area contributed by atoms with E-state index >= 15 is 0 Å². The highest BCUT2D eigenvalue weighted by atomic mass is 32.1. The van der Waals surface area contributed by atoms with E-state index in [-0.39, 0.29) is 27.7 Å². The number of hydrogen-bond acceptors (Lipinski definition) is 6. The molecule has 0 aromatic heterocycles. The zero-order valence-electron chi connectivity index (χ0n) is 15.5. The van der Waals surface area contributed by atoms with Crippen LogP contribution in [0.15, 0.2) is 35.4 Å². The number of carboxylic acid groups (broad SMARTS) is 1. The molecule has 8 heteroatoms. The molecule has 0 aliphatic carbocycles. The third kappa shape index (κ3) is 4.73. The van der Waals surface area contributed by atoms with Crippen molar-refractivity contribution in [1.29, 1.82) is 0 Å². The van der Waals surface area contributed by atoms with Crippen molar-refractivity contribution in [2.24, 2.45) is 5.10 Å². The summed E-state index contributed by atoms with van der Waals surface area (Å²) in [5, 5.41) is 18.8. The fourth-order valence-electron chi connectivity index (χ4n) is 2.46. The van der Waals surface area contributed by atoms with Crippen molar-refractivity contribution in [3.63, 3.8) is 0 Å². The molecular weight excluding hydrogens is 366 g/mol. The third-order valence-corrected chi connectivity index (χ3v) is 4.20. The summed E-state index contributed by atoms with van der Waals surface area (Å²) in [5.74, 6) is -1.05. The van der Waals surface area contributed by atoms with Crippen LogP contribution in [0.2, 0.25) is 0 Å². The average molecular weight is 386 g/mol. The molecule has 0 saturated carbocycles. The summed E-state index contributed by atoms with van der Waals surface area (Å²) < 4.78 is 10.2. The van der Waals surface area contributed by atoms with Crippen molar-refractivity contribution in [1.82, 2.24) is 5.43 Å². The van der Waals surface area contributed by atoms with Crippen LogP contribution < -0.4 is 25.3 Å². The number of hydrazone groups is 1. The van der Waals surface area contributed by atoms with Crippen molar-refractivity contribution < 1.29 is 19.4 Å². The second-order valence-corrected chi connectivity index (χ2v) is 6.03. The summed E-state index contributed by atoms with van der Waals surface area (Å²) in [6.07, 6.45) is 1.32. The first-order valence-electron chi connectivity index (χ1n) is 8.01. The molecule has 0 atom stereocenters. The molecule has 2 N–H and O–H groups in total. The molecule has 2 rings (SSSR count). The SMILES string of the molecule is COc1ccc(/C=N\NC(=S)Nc2cccc(C)c2C)c(C(=O)[O-])c1OC. The standard InChI is InChI=1S/C19H21N3O4S/c1-11-6-5-7-14(12(11)2)21-19(27)22-20-10-13-8-9-15(25-3)17(26-4)16(13)18(23)24/h5-10H,1-4H3,(H,23,24)(H2,21,22,27)/p-1/b20-10-. The Kier molecular flexibility index (Phi) is 6.73. The number of aromatic carboxylic acids is 1. The highest BCUT2D eigenvalue weighted by Crippen LogP contribution is 2.32. The Hall–Kier alpha value is -3.13. The number of thiocarbonyl (C=S) groups is 1. The van der Waals surface area contributed by atoms with Crippen molar-refractivity contribution >= 4 is 35.2 Å². The molecule has 142 valence electrons. The number of nitrogens with zero attached hydrogens (tertiary/aromatic N) is 1. The molecule has 0 fully saturated rings. The number of ether oxygens (including phenoxy) is 2. The van der Waals surface area contributed by atoms with Crippen molar-refractivity contribution in [2.75, 3.05) is 19.5 Å². The zero-order valence-corrected chi connectivity index (χ0v) is 16.3. The minimum Gasteiger partial charge on any atom is -0.545 e. The first-order valence-corrected chi connectivity index (χ1v) is 8.42. The Balaban J connectivity index is 2.17. The van der Waals surface area contributed by atoms with E-state index < -0.39 is 5.97 Å². The molecule has 0 aliphatic heterocycles. The number of carbonyl (C=O) groups is 1. The van der Waals surface area contributed by atoms with E-state index in [1.54, 1.807) is 12.1 Å². The third-order valence-electron chi connectivity index (χ3n) is 4.00. The van der Waals surface area contributed by atoms with Crippen LogP contribution in [-0.4, -0.2) is 31.5 Å². The van der Waals surface area contributed by atoms with Gasteiger partial charge in [0.1, 0.15) is 0 Å². The van der Waals surface area contributed by atoms with Gasteiger partial charge in [-0.05, 0) is 55.4 Å². The maximum atomic E-state index is 11.5. The number of rotatable bonds is 6. The van der Waals surface area contributed by atoms with Crippen LogP contribution >= 0.6 is 12.2 Å². The Morgan fingerprint density at radius 2 is 1.93 bits per heavy atom. The second-order valence-electron chi connectivity index (χ2n) is 5.62. The zero-order chi connectivity index (χ0) is 20.0. The van der Waals surface area contributed by atoms with Gasteiger partial charge in [0.2, 0.25) is 0 Å². The number of carboxylic acids is 1. The van der Waals surface area contributed by atoms with Crippen molar-refractivity contribution in [3.05, 3.63) is 52.6 Å². The van der Waals surface area contributed by atoms with E-state index in [9.17, 15) is 9.90 Å². The van der Waals surface area contributed by atoms with Crippen molar-refractivity contribution in [2.45, 2.75) is 13.8 Å². The van der Waals surface area contributed by atoms with Gasteiger partial charge in [-0.25, -0.2) is 0 Å². The molecule has 2 aromatic carbocycles. The molecular formula is C19H20N3O4S-. The lowest BCUT2D eigenvalue weighted by Gasteiger charge is -2.15. The lowest BCUT2D eigenvalue weighted by Crippen LogP contribution is -2.26. The maximum Gasteiger partial charge on any atom is 0.191 e. The largest absolute Gasteiger partial charge is 0.545 e. The lowest BCUT2D eigenvalue weighted by molar-refractivity contribution is -0.255. The average Bonchev–Trinajstić information content (AvgIpc) is 2.64. The highest BCUT2D eigenvalue weighted by Gasteiger charge is 2.15. The minimum absolute atomic E-state index is 0.0672. The van der Waals surface area contributed by atoms with Crippen LogP contribution in [0.5, 0.6) is 11.5 Å². The molecule has 0 heterocycles. The normalized spacial score (nSPS) is 10.5. The molecule has 0 unspecified atom stereocenters. The predicted octanol–water partition coefficient (Wildman–Crippen LogP) is 2.00. The summed E-state index contributed by atoms with van der Waals surface area (Å²) in [4.78, 5) is 11.5. The molecule has 7 nitrogen and oxygen atoms in total. The fourth-order valence-corrected chi connectivity index (χ4v) is 2.62. The Morgan fingerprint density at radius 1 is 1.19 bits per heavy atom. The summed E-state index contributed by atoms with van der Waals surface area (Å²) in [6.45, 7) is 3.99. The van der Waals surface area contributed by atoms with E-state index in [1.807, 2.05) is 32.0 Å². The molecule has 0 radical (unpaired) electrons. The van der Waals surface area contributed by atoms with Gasteiger partial charge in [-0.15, -0.1) is 0 Å². The van der Waals surface area contributed by atoms with E-state index in [0.29, 0.717) is 0 Å². The van der Waals surface area contributed by atoms with Gasteiger partial charge in [0.25, 0.3) is 0 Å². The van der Waals surface area contributed by atoms with E-state index in [0.717, 1.165) is 16.8 Å². The number of benzene rings is 2. The van der Waals surface area contributed by atoms with Crippen LogP contribution in [0.1, 0.15) is 27.0 Å². The monoisotopic (exact) mass is 386 g/mol. The number of methoxy groups -OCH3 is 2.